The number of nitrogens with one attached hydrogen (secondary N) is 3. The SMILES string of the molecule is CCCn1c(SCC(=O)Nc2ccc3[nH]c(=O)[nH]c3c2)nc2ccc(C(F)(F)F)cc21. The quantitative estimate of drug-likeness (QED) is 0.381. The molecule has 4 aromatic rings. The van der Waals surface area contributed by atoms with Gasteiger partial charge in [0.05, 0.1) is 33.4 Å². The highest BCUT2D eigenvalue weighted by Gasteiger charge is 2.31. The summed E-state index contributed by atoms with van der Waals surface area (Å²) in [5.74, 6) is -0.269. The summed E-state index contributed by atoms with van der Waals surface area (Å²) in [6.45, 7) is 2.40. The Morgan fingerprint density at radius 2 is 1.94 bits per heavy atom. The van der Waals surface area contributed by atoms with Crippen LogP contribution in [0.4, 0.5) is 18.9 Å². The molecule has 0 saturated heterocycles. The number of alkyl halides is 3. The summed E-state index contributed by atoms with van der Waals surface area (Å²) in [7, 11) is 0. The standard InChI is InChI=1S/C20H18F3N5O2S/c1-2-7-28-16-8-11(20(21,22)23)3-5-14(16)27-19(28)31-10-17(29)24-12-4-6-13-15(9-12)26-18(30)25-13/h3-6,8-9H,2,7,10H2,1H3,(H,24,29)(H2,25,26,30). The van der Waals surface area contributed by atoms with Crippen LogP contribution >= 0.6 is 11.8 Å². The summed E-state index contributed by atoms with van der Waals surface area (Å²) >= 11 is 1.16. The molecule has 0 aliphatic rings. The third-order valence-corrected chi connectivity index (χ3v) is 5.60. The lowest BCUT2D eigenvalue weighted by molar-refractivity contribution is -0.137. The summed E-state index contributed by atoms with van der Waals surface area (Å²) in [4.78, 5) is 33.4. The first-order chi connectivity index (χ1) is 14.7. The minimum atomic E-state index is -4.44. The number of H-pyrrole nitrogens is 2. The molecule has 31 heavy (non-hydrogen) atoms. The van der Waals surface area contributed by atoms with Crippen molar-refractivity contribution in [3.05, 3.63) is 52.4 Å². The predicted octanol–water partition coefficient (Wildman–Crippen LogP) is 4.37. The van der Waals surface area contributed by atoms with Gasteiger partial charge in [-0.15, -0.1) is 0 Å². The van der Waals surface area contributed by atoms with E-state index in [9.17, 15) is 22.8 Å². The Hall–Kier alpha value is -3.21. The molecule has 0 radical (unpaired) electrons. The maximum absolute atomic E-state index is 13.1. The van der Waals surface area contributed by atoms with Gasteiger partial charge in [0.15, 0.2) is 5.16 Å². The topological polar surface area (TPSA) is 95.6 Å². The van der Waals surface area contributed by atoms with Crippen LogP contribution in [0.1, 0.15) is 18.9 Å². The van der Waals surface area contributed by atoms with Crippen molar-refractivity contribution in [1.82, 2.24) is 19.5 Å². The van der Waals surface area contributed by atoms with Crippen LogP contribution in [0.15, 0.2) is 46.3 Å². The number of hydrogen-bond acceptors (Lipinski definition) is 4. The summed E-state index contributed by atoms with van der Waals surface area (Å²) in [6, 6.07) is 8.43. The molecule has 0 unspecified atom stereocenters. The monoisotopic (exact) mass is 449 g/mol. The zero-order valence-corrected chi connectivity index (χ0v) is 17.2. The van der Waals surface area contributed by atoms with E-state index in [1.807, 2.05) is 6.92 Å². The number of fused-ring (bicyclic) bond motifs is 2. The number of aromatic nitrogens is 4. The van der Waals surface area contributed by atoms with Gasteiger partial charge < -0.3 is 19.9 Å². The van der Waals surface area contributed by atoms with Crippen LogP contribution in [0.5, 0.6) is 0 Å². The molecule has 7 nitrogen and oxygen atoms in total. The van der Waals surface area contributed by atoms with E-state index in [0.29, 0.717) is 45.9 Å². The maximum atomic E-state index is 13.1. The zero-order chi connectivity index (χ0) is 22.2. The number of halogens is 3. The lowest BCUT2D eigenvalue weighted by Crippen LogP contribution is -2.14. The Balaban J connectivity index is 1.52. The van der Waals surface area contributed by atoms with E-state index >= 15 is 0 Å². The third kappa shape index (κ3) is 4.46. The van der Waals surface area contributed by atoms with Crippen molar-refractivity contribution in [2.75, 3.05) is 11.1 Å². The Morgan fingerprint density at radius 3 is 2.68 bits per heavy atom. The second-order valence-corrected chi connectivity index (χ2v) is 7.87. The highest BCUT2D eigenvalue weighted by molar-refractivity contribution is 7.99. The minimum Gasteiger partial charge on any atom is -0.325 e. The van der Waals surface area contributed by atoms with Crippen molar-refractivity contribution in [3.8, 4) is 0 Å². The van der Waals surface area contributed by atoms with E-state index in [-0.39, 0.29) is 17.3 Å². The van der Waals surface area contributed by atoms with Crippen molar-refractivity contribution in [2.24, 2.45) is 0 Å². The number of imidazole rings is 2. The molecule has 3 N–H and O–H groups in total. The van der Waals surface area contributed by atoms with Crippen molar-refractivity contribution < 1.29 is 18.0 Å². The first-order valence-electron chi connectivity index (χ1n) is 9.47. The molecule has 1 amide bonds. The highest BCUT2D eigenvalue weighted by atomic mass is 32.2. The largest absolute Gasteiger partial charge is 0.416 e. The van der Waals surface area contributed by atoms with E-state index in [2.05, 4.69) is 20.3 Å². The van der Waals surface area contributed by atoms with Crippen LogP contribution in [0.2, 0.25) is 0 Å². The van der Waals surface area contributed by atoms with Crippen LogP contribution in [0.25, 0.3) is 22.1 Å². The molecule has 0 fully saturated rings. The number of benzene rings is 2. The second kappa shape index (κ2) is 8.14. The highest BCUT2D eigenvalue weighted by Crippen LogP contribution is 2.33. The Bertz CT molecular complexity index is 1320. The molecule has 162 valence electrons. The molecule has 2 aromatic carbocycles. The summed E-state index contributed by atoms with van der Waals surface area (Å²) < 4.78 is 41.0. The van der Waals surface area contributed by atoms with Gasteiger partial charge >= 0.3 is 11.9 Å². The first kappa shape index (κ1) is 21.0. The fraction of sp³-hybridized carbons (Fsp3) is 0.250. The van der Waals surface area contributed by atoms with Crippen LogP contribution in [-0.4, -0.2) is 31.2 Å². The van der Waals surface area contributed by atoms with Crippen LogP contribution in [-0.2, 0) is 17.5 Å². The number of thioether (sulfide) groups is 1. The zero-order valence-electron chi connectivity index (χ0n) is 16.3. The van der Waals surface area contributed by atoms with E-state index in [1.165, 1.54) is 6.07 Å². The molecule has 0 bridgehead atoms. The molecule has 0 aliphatic carbocycles. The van der Waals surface area contributed by atoms with Gasteiger partial charge in [0, 0.05) is 12.2 Å². The average Bonchev–Trinajstić information content (AvgIpc) is 3.24. The predicted molar refractivity (Wildman–Crippen MR) is 113 cm³/mol. The number of carbonyl (C=O) groups excluding carboxylic acids is 1. The number of aromatic amines is 2. The first-order valence-corrected chi connectivity index (χ1v) is 10.5. The molecule has 4 rings (SSSR count). The number of hydrogen-bond donors (Lipinski definition) is 3. The number of aryl methyl sites for hydroxylation is 1. The average molecular weight is 449 g/mol. The minimum absolute atomic E-state index is 0.0286. The third-order valence-electron chi connectivity index (χ3n) is 4.62. The molecule has 0 spiro atoms. The van der Waals surface area contributed by atoms with Crippen molar-refractivity contribution >= 4 is 45.4 Å². The van der Waals surface area contributed by atoms with Crippen LogP contribution in [0.3, 0.4) is 0 Å². The van der Waals surface area contributed by atoms with Gasteiger partial charge in [-0.05, 0) is 42.8 Å². The van der Waals surface area contributed by atoms with Gasteiger partial charge in [0.1, 0.15) is 0 Å². The van der Waals surface area contributed by atoms with Gasteiger partial charge in [0.2, 0.25) is 5.91 Å². The van der Waals surface area contributed by atoms with Crippen molar-refractivity contribution in [2.45, 2.75) is 31.2 Å². The summed E-state index contributed by atoms with van der Waals surface area (Å²) in [5.41, 5.74) is 1.49. The molecule has 2 aromatic heterocycles. The normalized spacial score (nSPS) is 12.0. The van der Waals surface area contributed by atoms with Crippen LogP contribution in [0, 0.1) is 0 Å². The lowest BCUT2D eigenvalue weighted by atomic mass is 10.2. The molecule has 2 heterocycles. The van der Waals surface area contributed by atoms with Crippen LogP contribution < -0.4 is 11.0 Å². The lowest BCUT2D eigenvalue weighted by Gasteiger charge is -2.10. The number of nitrogens with zero attached hydrogens (tertiary/aromatic N) is 2. The molecule has 11 heteroatoms. The van der Waals surface area contributed by atoms with E-state index in [1.54, 1.807) is 22.8 Å². The number of anilines is 1. The van der Waals surface area contributed by atoms with Gasteiger partial charge in [-0.25, -0.2) is 9.78 Å². The van der Waals surface area contributed by atoms with Gasteiger partial charge in [-0.2, -0.15) is 13.2 Å². The smallest absolute Gasteiger partial charge is 0.325 e. The Kier molecular flexibility index (Phi) is 5.52. The molecule has 0 aliphatic heterocycles. The Morgan fingerprint density at radius 1 is 1.16 bits per heavy atom. The van der Waals surface area contributed by atoms with Gasteiger partial charge in [-0.3, -0.25) is 4.79 Å². The van der Waals surface area contributed by atoms with E-state index in [4.69, 9.17) is 0 Å². The maximum Gasteiger partial charge on any atom is 0.416 e. The molecular formula is C20H18F3N5O2S. The second-order valence-electron chi connectivity index (χ2n) is 6.92. The number of carbonyl (C=O) groups is 1. The van der Waals surface area contributed by atoms with E-state index in [0.717, 1.165) is 23.9 Å². The molecule has 0 atom stereocenters. The van der Waals surface area contributed by atoms with Crippen molar-refractivity contribution in [1.29, 1.82) is 0 Å². The number of amides is 1. The summed E-state index contributed by atoms with van der Waals surface area (Å²) in [5, 5.41) is 3.23. The van der Waals surface area contributed by atoms with Gasteiger partial charge in [-0.1, -0.05) is 18.7 Å². The molecule has 0 saturated carbocycles. The van der Waals surface area contributed by atoms with E-state index < -0.39 is 11.7 Å². The number of rotatable bonds is 6. The Labute approximate surface area is 178 Å². The fourth-order valence-corrected chi connectivity index (χ4v) is 4.11. The van der Waals surface area contributed by atoms with Gasteiger partial charge in [0.25, 0.3) is 0 Å². The molecular weight excluding hydrogens is 431 g/mol. The summed E-state index contributed by atoms with van der Waals surface area (Å²) in [6.07, 6.45) is -3.73. The van der Waals surface area contributed by atoms with Crippen molar-refractivity contribution in [3.63, 3.8) is 0 Å². The fourth-order valence-electron chi connectivity index (χ4n) is 3.26.